The molecule has 0 saturated carbocycles. The third-order valence-electron chi connectivity index (χ3n) is 3.52. The fraction of sp³-hybridized carbons (Fsp3) is 0.600. The molecule has 0 unspecified atom stereocenters. The van der Waals surface area contributed by atoms with Crippen LogP contribution in [-0.4, -0.2) is 31.1 Å². The van der Waals surface area contributed by atoms with E-state index in [1.165, 1.54) is 37.2 Å². The SMILES string of the molecule is NCCCCNc1ccc(CN2CCCC2)cc1. The molecule has 3 heteroatoms. The largest absolute Gasteiger partial charge is 0.385 e. The van der Waals surface area contributed by atoms with Crippen molar-refractivity contribution in [3.8, 4) is 0 Å². The van der Waals surface area contributed by atoms with Crippen LogP contribution in [0.5, 0.6) is 0 Å². The molecule has 0 atom stereocenters. The van der Waals surface area contributed by atoms with Crippen molar-refractivity contribution < 1.29 is 0 Å². The monoisotopic (exact) mass is 247 g/mol. The van der Waals surface area contributed by atoms with Gasteiger partial charge in [-0.2, -0.15) is 0 Å². The zero-order valence-electron chi connectivity index (χ0n) is 11.2. The van der Waals surface area contributed by atoms with Gasteiger partial charge >= 0.3 is 0 Å². The Bertz CT molecular complexity index is 328. The molecule has 1 fully saturated rings. The number of anilines is 1. The first kappa shape index (κ1) is 13.4. The Hall–Kier alpha value is -1.06. The minimum absolute atomic E-state index is 0.788. The average molecular weight is 247 g/mol. The minimum atomic E-state index is 0.788. The highest BCUT2D eigenvalue weighted by molar-refractivity contribution is 5.44. The lowest BCUT2D eigenvalue weighted by atomic mass is 10.2. The van der Waals surface area contributed by atoms with E-state index in [1.54, 1.807) is 0 Å². The molecular formula is C15H25N3. The van der Waals surface area contributed by atoms with E-state index in [9.17, 15) is 0 Å². The van der Waals surface area contributed by atoms with Crippen LogP contribution in [0, 0.1) is 0 Å². The molecule has 1 aliphatic heterocycles. The number of hydrogen-bond donors (Lipinski definition) is 2. The highest BCUT2D eigenvalue weighted by Crippen LogP contribution is 2.15. The Morgan fingerprint density at radius 3 is 2.44 bits per heavy atom. The summed E-state index contributed by atoms with van der Waals surface area (Å²) in [5.74, 6) is 0. The zero-order valence-corrected chi connectivity index (χ0v) is 11.2. The van der Waals surface area contributed by atoms with Gasteiger partial charge in [-0.15, -0.1) is 0 Å². The highest BCUT2D eigenvalue weighted by atomic mass is 15.1. The van der Waals surface area contributed by atoms with E-state index in [2.05, 4.69) is 34.5 Å². The molecular weight excluding hydrogens is 222 g/mol. The van der Waals surface area contributed by atoms with Crippen LogP contribution in [0.3, 0.4) is 0 Å². The van der Waals surface area contributed by atoms with Gasteiger partial charge in [0.25, 0.3) is 0 Å². The van der Waals surface area contributed by atoms with Gasteiger partial charge in [-0.1, -0.05) is 12.1 Å². The summed E-state index contributed by atoms with van der Waals surface area (Å²) in [6, 6.07) is 8.86. The smallest absolute Gasteiger partial charge is 0.0340 e. The second-order valence-electron chi connectivity index (χ2n) is 5.10. The second kappa shape index (κ2) is 7.39. The summed E-state index contributed by atoms with van der Waals surface area (Å²) >= 11 is 0. The van der Waals surface area contributed by atoms with Crippen molar-refractivity contribution in [3.05, 3.63) is 29.8 Å². The van der Waals surface area contributed by atoms with E-state index >= 15 is 0 Å². The van der Waals surface area contributed by atoms with Gasteiger partial charge < -0.3 is 11.1 Å². The third kappa shape index (κ3) is 4.31. The number of nitrogens with one attached hydrogen (secondary N) is 1. The van der Waals surface area contributed by atoms with Crippen LogP contribution in [-0.2, 0) is 6.54 Å². The maximum atomic E-state index is 5.47. The van der Waals surface area contributed by atoms with Crippen molar-refractivity contribution in [2.24, 2.45) is 5.73 Å². The molecule has 0 aliphatic carbocycles. The van der Waals surface area contributed by atoms with Crippen LogP contribution >= 0.6 is 0 Å². The predicted molar refractivity (Wildman–Crippen MR) is 77.7 cm³/mol. The van der Waals surface area contributed by atoms with E-state index in [1.807, 2.05) is 0 Å². The Morgan fingerprint density at radius 2 is 1.78 bits per heavy atom. The maximum Gasteiger partial charge on any atom is 0.0340 e. The lowest BCUT2D eigenvalue weighted by Gasteiger charge is -2.15. The summed E-state index contributed by atoms with van der Waals surface area (Å²) in [6.45, 7) is 5.44. The quantitative estimate of drug-likeness (QED) is 0.727. The summed E-state index contributed by atoms with van der Waals surface area (Å²) < 4.78 is 0. The lowest BCUT2D eigenvalue weighted by Crippen LogP contribution is -2.18. The molecule has 0 radical (unpaired) electrons. The summed E-state index contributed by atoms with van der Waals surface area (Å²) in [5, 5.41) is 3.43. The number of benzene rings is 1. The Kier molecular flexibility index (Phi) is 5.49. The highest BCUT2D eigenvalue weighted by Gasteiger charge is 2.11. The zero-order chi connectivity index (χ0) is 12.6. The van der Waals surface area contributed by atoms with E-state index in [0.717, 1.165) is 32.5 Å². The van der Waals surface area contributed by atoms with Crippen molar-refractivity contribution in [1.29, 1.82) is 0 Å². The van der Waals surface area contributed by atoms with E-state index < -0.39 is 0 Å². The molecule has 0 amide bonds. The Morgan fingerprint density at radius 1 is 1.06 bits per heavy atom. The molecule has 3 N–H and O–H groups in total. The van der Waals surface area contributed by atoms with Crippen LogP contribution in [0.4, 0.5) is 5.69 Å². The van der Waals surface area contributed by atoms with Gasteiger partial charge in [0.05, 0.1) is 0 Å². The number of nitrogens with zero attached hydrogens (tertiary/aromatic N) is 1. The van der Waals surface area contributed by atoms with Crippen molar-refractivity contribution in [2.75, 3.05) is 31.5 Å². The van der Waals surface area contributed by atoms with Gasteiger partial charge in [0, 0.05) is 18.8 Å². The molecule has 1 aliphatic rings. The fourth-order valence-electron chi connectivity index (χ4n) is 2.43. The number of hydrogen-bond acceptors (Lipinski definition) is 3. The summed E-state index contributed by atoms with van der Waals surface area (Å²) in [4.78, 5) is 2.53. The van der Waals surface area contributed by atoms with Crippen LogP contribution in [0.25, 0.3) is 0 Å². The minimum Gasteiger partial charge on any atom is -0.385 e. The Labute approximate surface area is 110 Å². The first-order chi connectivity index (χ1) is 8.88. The third-order valence-corrected chi connectivity index (χ3v) is 3.52. The summed E-state index contributed by atoms with van der Waals surface area (Å²) in [6.07, 6.45) is 4.97. The van der Waals surface area contributed by atoms with Gasteiger partial charge in [0.1, 0.15) is 0 Å². The number of nitrogens with two attached hydrogens (primary N) is 1. The van der Waals surface area contributed by atoms with Crippen LogP contribution < -0.4 is 11.1 Å². The van der Waals surface area contributed by atoms with Crippen LogP contribution in [0.2, 0.25) is 0 Å². The van der Waals surface area contributed by atoms with E-state index in [4.69, 9.17) is 5.73 Å². The molecule has 1 aromatic rings. The number of unbranched alkanes of at least 4 members (excludes halogenated alkanes) is 1. The first-order valence-corrected chi connectivity index (χ1v) is 7.14. The van der Waals surface area contributed by atoms with Gasteiger partial charge in [-0.25, -0.2) is 0 Å². The standard InChI is InChI=1S/C15H25N3/c16-9-1-2-10-17-15-7-5-14(6-8-15)13-18-11-3-4-12-18/h5-8,17H,1-4,9-13,16H2. The number of rotatable bonds is 7. The maximum absolute atomic E-state index is 5.47. The van der Waals surface area contributed by atoms with Gasteiger partial charge in [-0.3, -0.25) is 4.90 Å². The molecule has 100 valence electrons. The predicted octanol–water partition coefficient (Wildman–Crippen LogP) is 2.43. The van der Waals surface area contributed by atoms with Crippen LogP contribution in [0.1, 0.15) is 31.2 Å². The molecule has 1 saturated heterocycles. The number of likely N-dealkylation sites (tertiary alicyclic amines) is 1. The first-order valence-electron chi connectivity index (χ1n) is 7.14. The van der Waals surface area contributed by atoms with Crippen molar-refractivity contribution in [1.82, 2.24) is 4.90 Å². The molecule has 0 bridgehead atoms. The Balaban J connectivity index is 1.74. The molecule has 2 rings (SSSR count). The van der Waals surface area contributed by atoms with Gasteiger partial charge in [-0.05, 0) is 63.0 Å². The van der Waals surface area contributed by atoms with Crippen molar-refractivity contribution >= 4 is 5.69 Å². The second-order valence-corrected chi connectivity index (χ2v) is 5.10. The molecule has 3 nitrogen and oxygen atoms in total. The van der Waals surface area contributed by atoms with Crippen LogP contribution in [0.15, 0.2) is 24.3 Å². The molecule has 0 aromatic heterocycles. The van der Waals surface area contributed by atoms with E-state index in [0.29, 0.717) is 0 Å². The van der Waals surface area contributed by atoms with Gasteiger partial charge in [0.15, 0.2) is 0 Å². The van der Waals surface area contributed by atoms with Gasteiger partial charge in [0.2, 0.25) is 0 Å². The lowest BCUT2D eigenvalue weighted by molar-refractivity contribution is 0.331. The molecule has 0 spiro atoms. The molecule has 18 heavy (non-hydrogen) atoms. The fourth-order valence-corrected chi connectivity index (χ4v) is 2.43. The summed E-state index contributed by atoms with van der Waals surface area (Å²) in [7, 11) is 0. The van der Waals surface area contributed by atoms with E-state index in [-0.39, 0.29) is 0 Å². The average Bonchev–Trinajstić information content (AvgIpc) is 2.89. The van der Waals surface area contributed by atoms with Crippen molar-refractivity contribution in [2.45, 2.75) is 32.2 Å². The normalized spacial score (nSPS) is 16.1. The molecule has 1 aromatic carbocycles. The van der Waals surface area contributed by atoms with Crippen molar-refractivity contribution in [3.63, 3.8) is 0 Å². The molecule has 1 heterocycles. The topological polar surface area (TPSA) is 41.3 Å². The summed E-state index contributed by atoms with van der Waals surface area (Å²) in [5.41, 5.74) is 8.11.